The van der Waals surface area contributed by atoms with Gasteiger partial charge < -0.3 is 15.0 Å². The maximum atomic E-state index is 14.2. The van der Waals surface area contributed by atoms with Crippen LogP contribution >= 0.6 is 23.2 Å². The van der Waals surface area contributed by atoms with Crippen LogP contribution in [-0.2, 0) is 11.3 Å². The molecule has 0 bridgehead atoms. The van der Waals surface area contributed by atoms with Crippen LogP contribution in [0.4, 0.5) is 8.78 Å². The smallest absolute Gasteiger partial charge is 0.284 e. The van der Waals surface area contributed by atoms with Gasteiger partial charge in [0.15, 0.2) is 0 Å². The van der Waals surface area contributed by atoms with E-state index in [2.05, 4.69) is 5.32 Å². The summed E-state index contributed by atoms with van der Waals surface area (Å²) in [6.07, 6.45) is 1.87. The fraction of sp³-hybridized carbons (Fsp3) is 0.259. The Balaban J connectivity index is 1.49. The van der Waals surface area contributed by atoms with Gasteiger partial charge in [0.05, 0.1) is 22.6 Å². The number of halogens is 4. The van der Waals surface area contributed by atoms with Gasteiger partial charge >= 0.3 is 0 Å². The van der Waals surface area contributed by atoms with Crippen LogP contribution in [0.25, 0.3) is 11.1 Å². The van der Waals surface area contributed by atoms with Crippen molar-refractivity contribution in [2.75, 3.05) is 13.2 Å². The molecule has 0 aromatic heterocycles. The molecule has 1 saturated carbocycles. The van der Waals surface area contributed by atoms with Crippen LogP contribution < -0.4 is 5.32 Å². The molecule has 0 spiro atoms. The Labute approximate surface area is 217 Å². The van der Waals surface area contributed by atoms with Crippen LogP contribution in [0.1, 0.15) is 40.4 Å². The summed E-state index contributed by atoms with van der Waals surface area (Å²) in [5.41, 5.74) is 3.05. The minimum absolute atomic E-state index is 0.0320. The molecule has 3 aromatic carbocycles. The summed E-state index contributed by atoms with van der Waals surface area (Å²) >= 11 is 12.2. The third-order valence-electron chi connectivity index (χ3n) is 6.44. The Hall–Kier alpha value is -3.16. The summed E-state index contributed by atoms with van der Waals surface area (Å²) in [6, 6.07) is 13.8. The molecular formula is C27H23Cl2F2N3O2. The molecule has 1 heterocycles. The summed E-state index contributed by atoms with van der Waals surface area (Å²) in [7, 11) is 0. The van der Waals surface area contributed by atoms with Gasteiger partial charge in [0.1, 0.15) is 18.2 Å². The van der Waals surface area contributed by atoms with Crippen molar-refractivity contribution in [1.29, 1.82) is 5.41 Å². The van der Waals surface area contributed by atoms with Crippen LogP contribution in [0.5, 0.6) is 0 Å². The highest BCUT2D eigenvalue weighted by molar-refractivity contribution is 6.33. The average Bonchev–Trinajstić information content (AvgIpc) is 3.61. The monoisotopic (exact) mass is 529 g/mol. The number of amidine groups is 1. The van der Waals surface area contributed by atoms with E-state index in [0.29, 0.717) is 42.0 Å². The fourth-order valence-electron chi connectivity index (χ4n) is 4.44. The number of ether oxygens (including phenoxy) is 1. The molecule has 5 rings (SSSR count). The van der Waals surface area contributed by atoms with Gasteiger partial charge in [0.2, 0.25) is 0 Å². The number of carbonyl (C=O) groups is 1. The molecule has 1 saturated heterocycles. The van der Waals surface area contributed by atoms with Crippen LogP contribution in [0.3, 0.4) is 0 Å². The first-order chi connectivity index (χ1) is 17.3. The maximum absolute atomic E-state index is 14.2. The molecule has 2 fully saturated rings. The lowest BCUT2D eigenvalue weighted by Crippen LogP contribution is -2.30. The van der Waals surface area contributed by atoms with E-state index in [1.54, 1.807) is 29.2 Å². The van der Waals surface area contributed by atoms with E-state index >= 15 is 0 Å². The SMILES string of the molecule is N=C1OCCN1Cc1cc(C(=O)NC(c2ccc(Cl)c(F)c2)C2CC2)cc(-c2ccc(F)cc2Cl)c1. The standard InChI is InChI=1S/C27H23Cl2F2N3O2/c28-22-6-3-17(12-24(22)31)25(16-1-2-16)33-26(35)19-10-15(14-34-7-8-36-27(34)32)9-18(11-19)21-5-4-20(30)13-23(21)29/h3-6,9-13,16,25,32H,1-2,7-8,14H2,(H,33,35). The first kappa shape index (κ1) is 24.5. The molecule has 186 valence electrons. The first-order valence-corrected chi connectivity index (χ1v) is 12.4. The second-order valence-electron chi connectivity index (χ2n) is 9.08. The minimum atomic E-state index is -0.528. The Morgan fingerprint density at radius 1 is 1.08 bits per heavy atom. The van der Waals surface area contributed by atoms with Gasteiger partial charge in [-0.15, -0.1) is 0 Å². The van der Waals surface area contributed by atoms with Crippen LogP contribution in [0.2, 0.25) is 10.0 Å². The highest BCUT2D eigenvalue weighted by Crippen LogP contribution is 2.42. The predicted octanol–water partition coefficient (Wildman–Crippen LogP) is 6.59. The van der Waals surface area contributed by atoms with Crippen LogP contribution in [0.15, 0.2) is 54.6 Å². The largest absolute Gasteiger partial charge is 0.463 e. The molecule has 1 amide bonds. The summed E-state index contributed by atoms with van der Waals surface area (Å²) in [4.78, 5) is 15.2. The van der Waals surface area contributed by atoms with Gasteiger partial charge in [0, 0.05) is 17.7 Å². The molecule has 1 aliphatic carbocycles. The number of carbonyl (C=O) groups excluding carboxylic acids is 1. The second-order valence-corrected chi connectivity index (χ2v) is 9.89. The average molecular weight is 530 g/mol. The van der Waals surface area contributed by atoms with Gasteiger partial charge in [-0.05, 0) is 84.0 Å². The zero-order valence-corrected chi connectivity index (χ0v) is 20.7. The van der Waals surface area contributed by atoms with Crippen molar-refractivity contribution >= 4 is 35.1 Å². The zero-order chi connectivity index (χ0) is 25.4. The Morgan fingerprint density at radius 3 is 2.56 bits per heavy atom. The van der Waals surface area contributed by atoms with Crippen molar-refractivity contribution in [3.05, 3.63) is 93.0 Å². The highest BCUT2D eigenvalue weighted by Gasteiger charge is 2.34. The van der Waals surface area contributed by atoms with Gasteiger partial charge in [-0.1, -0.05) is 29.3 Å². The lowest BCUT2D eigenvalue weighted by atomic mass is 9.97. The Kier molecular flexibility index (Phi) is 6.86. The molecule has 5 nitrogen and oxygen atoms in total. The number of amides is 1. The van der Waals surface area contributed by atoms with E-state index in [0.717, 1.165) is 18.4 Å². The third-order valence-corrected chi connectivity index (χ3v) is 7.06. The lowest BCUT2D eigenvalue weighted by molar-refractivity contribution is 0.0931. The number of nitrogens with zero attached hydrogens (tertiary/aromatic N) is 1. The van der Waals surface area contributed by atoms with Gasteiger partial charge in [-0.2, -0.15) is 0 Å². The van der Waals surface area contributed by atoms with Gasteiger partial charge in [0.25, 0.3) is 11.9 Å². The Morgan fingerprint density at radius 2 is 1.89 bits per heavy atom. The molecule has 1 atom stereocenters. The van der Waals surface area contributed by atoms with E-state index in [1.165, 1.54) is 24.3 Å². The first-order valence-electron chi connectivity index (χ1n) is 11.6. The number of nitrogens with one attached hydrogen (secondary N) is 2. The van der Waals surface area contributed by atoms with Crippen molar-refractivity contribution in [1.82, 2.24) is 10.2 Å². The molecule has 36 heavy (non-hydrogen) atoms. The fourth-order valence-corrected chi connectivity index (χ4v) is 4.84. The Bertz CT molecular complexity index is 1350. The lowest BCUT2D eigenvalue weighted by Gasteiger charge is -2.21. The van der Waals surface area contributed by atoms with Crippen molar-refractivity contribution in [3.8, 4) is 11.1 Å². The predicted molar refractivity (Wildman–Crippen MR) is 135 cm³/mol. The molecular weight excluding hydrogens is 507 g/mol. The van der Waals surface area contributed by atoms with Crippen molar-refractivity contribution in [2.24, 2.45) is 5.92 Å². The van der Waals surface area contributed by atoms with E-state index in [9.17, 15) is 13.6 Å². The quantitative estimate of drug-likeness (QED) is 0.363. The molecule has 2 aliphatic rings. The second kappa shape index (κ2) is 10.1. The van der Waals surface area contributed by atoms with E-state index in [4.69, 9.17) is 33.3 Å². The van der Waals surface area contributed by atoms with E-state index in [1.807, 2.05) is 6.07 Å². The summed E-state index contributed by atoms with van der Waals surface area (Å²) < 4.78 is 33.1. The van der Waals surface area contributed by atoms with Crippen molar-refractivity contribution in [3.63, 3.8) is 0 Å². The molecule has 1 unspecified atom stereocenters. The van der Waals surface area contributed by atoms with E-state index in [-0.39, 0.29) is 33.9 Å². The summed E-state index contributed by atoms with van der Waals surface area (Å²) in [5, 5.41) is 11.3. The van der Waals surface area contributed by atoms with Gasteiger partial charge in [-0.25, -0.2) is 8.78 Å². The topological polar surface area (TPSA) is 65.4 Å². The third kappa shape index (κ3) is 5.32. The number of hydrogen-bond donors (Lipinski definition) is 2. The summed E-state index contributed by atoms with van der Waals surface area (Å²) in [6.45, 7) is 1.35. The highest BCUT2D eigenvalue weighted by atomic mass is 35.5. The van der Waals surface area contributed by atoms with Gasteiger partial charge in [-0.3, -0.25) is 10.2 Å². The summed E-state index contributed by atoms with van der Waals surface area (Å²) in [5.74, 6) is -1.09. The molecule has 1 aliphatic heterocycles. The van der Waals surface area contributed by atoms with Crippen LogP contribution in [-0.4, -0.2) is 30.0 Å². The van der Waals surface area contributed by atoms with Crippen molar-refractivity contribution < 1.29 is 18.3 Å². The number of hydrogen-bond acceptors (Lipinski definition) is 3. The normalized spacial score (nSPS) is 16.1. The van der Waals surface area contributed by atoms with E-state index < -0.39 is 11.6 Å². The zero-order valence-electron chi connectivity index (χ0n) is 19.2. The maximum Gasteiger partial charge on any atom is 0.284 e. The molecule has 0 radical (unpaired) electrons. The minimum Gasteiger partial charge on any atom is -0.463 e. The number of benzene rings is 3. The molecule has 9 heteroatoms. The molecule has 3 aromatic rings. The van der Waals surface area contributed by atoms with Crippen LogP contribution in [0, 0.1) is 23.0 Å². The molecule has 2 N–H and O–H groups in total. The number of rotatable bonds is 7. The van der Waals surface area contributed by atoms with Crippen molar-refractivity contribution in [2.45, 2.75) is 25.4 Å².